The lowest BCUT2D eigenvalue weighted by Gasteiger charge is -2.33. The average Bonchev–Trinajstić information content (AvgIpc) is 3.00. The first-order valence-electron chi connectivity index (χ1n) is 8.28. The Morgan fingerprint density at radius 3 is 2.83 bits per heavy atom. The van der Waals surface area contributed by atoms with Crippen LogP contribution in [-0.2, 0) is 12.8 Å². The Morgan fingerprint density at radius 2 is 2.13 bits per heavy atom. The molecule has 1 aliphatic rings. The molecular weight excluding hydrogens is 284 g/mol. The highest BCUT2D eigenvalue weighted by molar-refractivity contribution is 5.59. The van der Waals surface area contributed by atoms with Gasteiger partial charge in [-0.1, -0.05) is 29.4 Å². The number of anilines is 1. The van der Waals surface area contributed by atoms with Gasteiger partial charge in [0.2, 0.25) is 0 Å². The van der Waals surface area contributed by atoms with Crippen LogP contribution in [0.2, 0.25) is 0 Å². The number of aromatic nitrogens is 1. The third-order valence-electron chi connectivity index (χ3n) is 4.50. The molecule has 3 heteroatoms. The summed E-state index contributed by atoms with van der Waals surface area (Å²) >= 11 is 0. The summed E-state index contributed by atoms with van der Waals surface area (Å²) in [5.74, 6) is 0.827. The molecule has 2 aromatic rings. The summed E-state index contributed by atoms with van der Waals surface area (Å²) in [4.78, 5) is 2.31. The van der Waals surface area contributed by atoms with E-state index in [1.807, 2.05) is 25.1 Å². The van der Waals surface area contributed by atoms with Gasteiger partial charge in [-0.25, -0.2) is 0 Å². The van der Waals surface area contributed by atoms with Crippen LogP contribution in [-0.4, -0.2) is 11.7 Å². The third kappa shape index (κ3) is 3.09. The highest BCUT2D eigenvalue weighted by Gasteiger charge is 2.24. The van der Waals surface area contributed by atoms with Gasteiger partial charge in [0.15, 0.2) is 5.76 Å². The molecular formula is C20H24N2O. The van der Waals surface area contributed by atoms with E-state index in [0.717, 1.165) is 24.4 Å². The average molecular weight is 308 g/mol. The molecule has 0 bridgehead atoms. The Labute approximate surface area is 138 Å². The predicted octanol–water partition coefficient (Wildman–Crippen LogP) is 4.78. The van der Waals surface area contributed by atoms with Crippen LogP contribution in [0.25, 0.3) is 0 Å². The second-order valence-electron chi connectivity index (χ2n) is 6.11. The standard InChI is InChI=1S/C20H24N2O/c1-4-13-22(18(5-2)20-14-15(3)21-23-20)19-12-8-10-16-9-6-7-11-17(16)19/h4-5,8,10,12,14,18H,1-2,6-7,9,11,13H2,3H3. The summed E-state index contributed by atoms with van der Waals surface area (Å²) in [5.41, 5.74) is 5.09. The maximum atomic E-state index is 5.51. The molecule has 0 radical (unpaired) electrons. The van der Waals surface area contributed by atoms with Gasteiger partial charge in [-0.2, -0.15) is 0 Å². The van der Waals surface area contributed by atoms with Gasteiger partial charge in [0.05, 0.1) is 5.69 Å². The fourth-order valence-electron chi connectivity index (χ4n) is 3.45. The minimum absolute atomic E-state index is 0.0392. The molecule has 120 valence electrons. The predicted molar refractivity (Wildman–Crippen MR) is 94.8 cm³/mol. The maximum Gasteiger partial charge on any atom is 0.163 e. The molecule has 1 aromatic heterocycles. The molecule has 0 saturated carbocycles. The van der Waals surface area contributed by atoms with Crippen LogP contribution in [0.5, 0.6) is 0 Å². The van der Waals surface area contributed by atoms with Crippen molar-refractivity contribution in [2.45, 2.75) is 38.6 Å². The van der Waals surface area contributed by atoms with Crippen LogP contribution in [0.15, 0.2) is 54.1 Å². The van der Waals surface area contributed by atoms with E-state index < -0.39 is 0 Å². The molecule has 0 amide bonds. The first-order chi connectivity index (χ1) is 11.2. The topological polar surface area (TPSA) is 29.3 Å². The van der Waals surface area contributed by atoms with Crippen molar-refractivity contribution in [3.8, 4) is 0 Å². The molecule has 0 saturated heterocycles. The number of fused-ring (bicyclic) bond motifs is 1. The number of nitrogens with zero attached hydrogens (tertiary/aromatic N) is 2. The van der Waals surface area contributed by atoms with Gasteiger partial charge in [-0.05, 0) is 49.8 Å². The molecule has 0 spiro atoms. The van der Waals surface area contributed by atoms with E-state index in [4.69, 9.17) is 4.52 Å². The fraction of sp³-hybridized carbons (Fsp3) is 0.350. The number of aryl methyl sites for hydroxylation is 2. The largest absolute Gasteiger partial charge is 0.359 e. The highest BCUT2D eigenvalue weighted by Crippen LogP contribution is 2.35. The second-order valence-corrected chi connectivity index (χ2v) is 6.11. The van der Waals surface area contributed by atoms with Crippen molar-refractivity contribution in [1.29, 1.82) is 0 Å². The normalized spacial score (nSPS) is 14.8. The Morgan fingerprint density at radius 1 is 1.30 bits per heavy atom. The molecule has 1 heterocycles. The van der Waals surface area contributed by atoms with Crippen LogP contribution in [0.1, 0.15) is 41.5 Å². The molecule has 1 unspecified atom stereocenters. The molecule has 23 heavy (non-hydrogen) atoms. The van der Waals surface area contributed by atoms with E-state index in [1.165, 1.54) is 36.1 Å². The van der Waals surface area contributed by atoms with Crippen molar-refractivity contribution >= 4 is 5.69 Å². The molecule has 1 aromatic carbocycles. The first-order valence-corrected chi connectivity index (χ1v) is 8.28. The van der Waals surface area contributed by atoms with Crippen LogP contribution in [0.4, 0.5) is 5.69 Å². The Kier molecular flexibility index (Phi) is 4.65. The molecule has 0 aliphatic heterocycles. The van der Waals surface area contributed by atoms with Crippen LogP contribution in [0, 0.1) is 6.92 Å². The Hall–Kier alpha value is -2.29. The molecule has 3 nitrogen and oxygen atoms in total. The van der Waals surface area contributed by atoms with Crippen molar-refractivity contribution in [2.75, 3.05) is 11.4 Å². The van der Waals surface area contributed by atoms with Crippen molar-refractivity contribution in [1.82, 2.24) is 5.16 Å². The molecule has 1 atom stereocenters. The SMILES string of the molecule is C=CCN(c1cccc2c1CCCC2)C(C=C)c1cc(C)no1. The van der Waals surface area contributed by atoms with Gasteiger partial charge in [0, 0.05) is 18.3 Å². The van der Waals surface area contributed by atoms with Crippen molar-refractivity contribution in [2.24, 2.45) is 0 Å². The van der Waals surface area contributed by atoms with E-state index >= 15 is 0 Å². The van der Waals surface area contributed by atoms with Gasteiger partial charge < -0.3 is 9.42 Å². The summed E-state index contributed by atoms with van der Waals surface area (Å²) in [7, 11) is 0. The fourth-order valence-corrected chi connectivity index (χ4v) is 3.45. The Balaban J connectivity index is 2.04. The number of rotatable bonds is 6. The minimum atomic E-state index is -0.0392. The van der Waals surface area contributed by atoms with E-state index in [1.54, 1.807) is 0 Å². The summed E-state index contributed by atoms with van der Waals surface area (Å²) in [6.45, 7) is 10.6. The van der Waals surface area contributed by atoms with Crippen LogP contribution in [0.3, 0.4) is 0 Å². The lowest BCUT2D eigenvalue weighted by molar-refractivity contribution is 0.367. The molecule has 0 N–H and O–H groups in total. The summed E-state index contributed by atoms with van der Waals surface area (Å²) < 4.78 is 5.51. The number of benzene rings is 1. The molecule has 0 fully saturated rings. The van der Waals surface area contributed by atoms with Crippen molar-refractivity contribution in [3.05, 3.63) is 72.2 Å². The minimum Gasteiger partial charge on any atom is -0.359 e. The number of hydrogen-bond acceptors (Lipinski definition) is 3. The van der Waals surface area contributed by atoms with E-state index in [-0.39, 0.29) is 6.04 Å². The second kappa shape index (κ2) is 6.86. The van der Waals surface area contributed by atoms with E-state index in [2.05, 4.69) is 41.4 Å². The van der Waals surface area contributed by atoms with E-state index in [0.29, 0.717) is 0 Å². The maximum absolute atomic E-state index is 5.51. The Bertz CT molecular complexity index is 701. The summed E-state index contributed by atoms with van der Waals surface area (Å²) in [6, 6.07) is 8.56. The van der Waals surface area contributed by atoms with Gasteiger partial charge in [0.1, 0.15) is 6.04 Å². The van der Waals surface area contributed by atoms with Crippen molar-refractivity contribution < 1.29 is 4.52 Å². The van der Waals surface area contributed by atoms with Crippen LogP contribution < -0.4 is 4.90 Å². The summed E-state index contributed by atoms with van der Waals surface area (Å²) in [6.07, 6.45) is 8.70. The van der Waals surface area contributed by atoms with Gasteiger partial charge in [0.25, 0.3) is 0 Å². The quantitative estimate of drug-likeness (QED) is 0.719. The third-order valence-corrected chi connectivity index (χ3v) is 4.50. The number of hydrogen-bond donors (Lipinski definition) is 0. The van der Waals surface area contributed by atoms with E-state index in [9.17, 15) is 0 Å². The molecule has 1 aliphatic carbocycles. The molecule has 3 rings (SSSR count). The zero-order chi connectivity index (χ0) is 16.2. The highest BCUT2D eigenvalue weighted by atomic mass is 16.5. The lowest BCUT2D eigenvalue weighted by atomic mass is 9.89. The first kappa shape index (κ1) is 15.6. The smallest absolute Gasteiger partial charge is 0.163 e. The monoisotopic (exact) mass is 308 g/mol. The van der Waals surface area contributed by atoms with Gasteiger partial charge in [-0.15, -0.1) is 13.2 Å². The summed E-state index contributed by atoms with van der Waals surface area (Å²) in [5, 5.41) is 4.03. The zero-order valence-corrected chi connectivity index (χ0v) is 13.8. The van der Waals surface area contributed by atoms with Gasteiger partial charge in [-0.3, -0.25) is 0 Å². The van der Waals surface area contributed by atoms with Gasteiger partial charge >= 0.3 is 0 Å². The van der Waals surface area contributed by atoms with Crippen molar-refractivity contribution in [3.63, 3.8) is 0 Å². The zero-order valence-electron chi connectivity index (χ0n) is 13.8. The lowest BCUT2D eigenvalue weighted by Crippen LogP contribution is -2.29. The van der Waals surface area contributed by atoms with Crippen LogP contribution >= 0.6 is 0 Å².